The molecule has 0 aromatic carbocycles. The number of carbonyl (C=O) groups is 2. The van der Waals surface area contributed by atoms with Crippen molar-refractivity contribution in [1.29, 1.82) is 0 Å². The minimum Gasteiger partial charge on any atom is -0.463 e. The highest BCUT2D eigenvalue weighted by molar-refractivity contribution is 7.08. The number of furan rings is 1. The van der Waals surface area contributed by atoms with Gasteiger partial charge in [0.2, 0.25) is 11.5 Å². The van der Waals surface area contributed by atoms with Gasteiger partial charge in [-0.15, -0.1) is 5.10 Å². The van der Waals surface area contributed by atoms with Crippen molar-refractivity contribution in [2.24, 2.45) is 0 Å². The third-order valence-electron chi connectivity index (χ3n) is 2.47. The smallest absolute Gasteiger partial charge is 0.373 e. The molecule has 0 radical (unpaired) electrons. The zero-order valence-electron chi connectivity index (χ0n) is 10.5. The topological polar surface area (TPSA) is 82.3 Å². The zero-order chi connectivity index (χ0) is 13.8. The van der Waals surface area contributed by atoms with E-state index in [9.17, 15) is 9.59 Å². The lowest BCUT2D eigenvalue weighted by molar-refractivity contribution is 0.0563. The molecule has 0 N–H and O–H groups in total. The summed E-state index contributed by atoms with van der Waals surface area (Å²) in [5, 5.41) is 3.92. The molecular formula is C12H12N2O4S. The average Bonchev–Trinajstić information content (AvgIpc) is 3.06. The van der Waals surface area contributed by atoms with Gasteiger partial charge in [-0.25, -0.2) is 4.79 Å². The first-order chi connectivity index (χ1) is 9.17. The van der Waals surface area contributed by atoms with Gasteiger partial charge in [0.05, 0.1) is 12.8 Å². The Morgan fingerprint density at radius 2 is 2.11 bits per heavy atom. The van der Waals surface area contributed by atoms with Gasteiger partial charge >= 0.3 is 5.97 Å². The van der Waals surface area contributed by atoms with Crippen LogP contribution in [0.25, 0.3) is 0 Å². The highest BCUT2D eigenvalue weighted by atomic mass is 32.1. The van der Waals surface area contributed by atoms with Crippen molar-refractivity contribution < 1.29 is 18.7 Å². The number of hydrogen-bond acceptors (Lipinski definition) is 7. The molecular weight excluding hydrogens is 268 g/mol. The van der Waals surface area contributed by atoms with Crippen LogP contribution in [0.1, 0.15) is 45.0 Å². The molecule has 0 fully saturated rings. The number of carbonyl (C=O) groups excluding carboxylic acids is 2. The third-order valence-corrected chi connectivity index (χ3v) is 3.23. The summed E-state index contributed by atoms with van der Waals surface area (Å²) < 4.78 is 13.5. The molecule has 6 nitrogen and oxygen atoms in total. The molecule has 0 aliphatic carbocycles. The van der Waals surface area contributed by atoms with E-state index in [-0.39, 0.29) is 17.3 Å². The standard InChI is InChI=1S/C12H12N2O4S/c1-3-4-7-11(19-14-13-7)10(15)8-5-6-9(18-8)12(16)17-2/h5-6H,3-4H2,1-2H3. The Morgan fingerprint density at radius 3 is 2.79 bits per heavy atom. The Kier molecular flexibility index (Phi) is 4.06. The number of hydrogen-bond donors (Lipinski definition) is 0. The predicted molar refractivity (Wildman–Crippen MR) is 67.4 cm³/mol. The molecule has 0 spiro atoms. The summed E-state index contributed by atoms with van der Waals surface area (Å²) in [4.78, 5) is 23.9. The van der Waals surface area contributed by atoms with Gasteiger partial charge in [-0.2, -0.15) is 0 Å². The van der Waals surface area contributed by atoms with Gasteiger partial charge in [0, 0.05) is 0 Å². The van der Waals surface area contributed by atoms with E-state index in [0.29, 0.717) is 17.0 Å². The SMILES string of the molecule is CCCc1nnsc1C(=O)c1ccc(C(=O)OC)o1. The van der Waals surface area contributed by atoms with Crippen molar-refractivity contribution in [3.05, 3.63) is 34.2 Å². The molecule has 19 heavy (non-hydrogen) atoms. The van der Waals surface area contributed by atoms with Crippen LogP contribution in [0.5, 0.6) is 0 Å². The summed E-state index contributed by atoms with van der Waals surface area (Å²) >= 11 is 1.03. The fourth-order valence-electron chi connectivity index (χ4n) is 1.56. The zero-order valence-corrected chi connectivity index (χ0v) is 11.3. The molecule has 2 rings (SSSR count). The number of esters is 1. The van der Waals surface area contributed by atoms with E-state index < -0.39 is 5.97 Å². The second-order valence-corrected chi connectivity index (χ2v) is 4.54. The fraction of sp³-hybridized carbons (Fsp3) is 0.333. The maximum atomic E-state index is 12.2. The van der Waals surface area contributed by atoms with E-state index in [1.807, 2.05) is 6.92 Å². The van der Waals surface area contributed by atoms with E-state index in [1.165, 1.54) is 19.2 Å². The van der Waals surface area contributed by atoms with E-state index in [2.05, 4.69) is 14.3 Å². The van der Waals surface area contributed by atoms with E-state index in [4.69, 9.17) is 4.42 Å². The van der Waals surface area contributed by atoms with Crippen LogP contribution in [-0.4, -0.2) is 28.4 Å². The van der Waals surface area contributed by atoms with E-state index >= 15 is 0 Å². The van der Waals surface area contributed by atoms with Gasteiger partial charge in [-0.3, -0.25) is 4.79 Å². The van der Waals surface area contributed by atoms with Gasteiger partial charge in [0.25, 0.3) is 0 Å². The number of rotatable bonds is 5. The normalized spacial score (nSPS) is 10.4. The highest BCUT2D eigenvalue weighted by Gasteiger charge is 2.22. The van der Waals surface area contributed by atoms with Crippen LogP contribution in [0.15, 0.2) is 16.5 Å². The second kappa shape index (κ2) is 5.75. The fourth-order valence-corrected chi connectivity index (χ4v) is 2.22. The molecule has 0 atom stereocenters. The third kappa shape index (κ3) is 2.70. The van der Waals surface area contributed by atoms with Crippen LogP contribution in [0.4, 0.5) is 0 Å². The Morgan fingerprint density at radius 1 is 1.37 bits per heavy atom. The quantitative estimate of drug-likeness (QED) is 0.616. The first-order valence-electron chi connectivity index (χ1n) is 5.71. The summed E-state index contributed by atoms with van der Waals surface area (Å²) in [6.07, 6.45) is 1.55. The second-order valence-electron chi connectivity index (χ2n) is 3.78. The van der Waals surface area contributed by atoms with Crippen molar-refractivity contribution in [2.75, 3.05) is 7.11 Å². The minimum atomic E-state index is -0.615. The van der Waals surface area contributed by atoms with Crippen molar-refractivity contribution in [2.45, 2.75) is 19.8 Å². The first kappa shape index (κ1) is 13.4. The largest absolute Gasteiger partial charge is 0.463 e. The van der Waals surface area contributed by atoms with Crippen LogP contribution in [0, 0.1) is 0 Å². The summed E-state index contributed by atoms with van der Waals surface area (Å²) in [7, 11) is 1.25. The van der Waals surface area contributed by atoms with Gasteiger partial charge in [-0.1, -0.05) is 17.8 Å². The van der Waals surface area contributed by atoms with Crippen LogP contribution >= 0.6 is 11.5 Å². The van der Waals surface area contributed by atoms with Crippen molar-refractivity contribution >= 4 is 23.3 Å². The molecule has 2 aromatic heterocycles. The maximum Gasteiger partial charge on any atom is 0.373 e. The summed E-state index contributed by atoms with van der Waals surface area (Å²) in [5.41, 5.74) is 0.661. The molecule has 100 valence electrons. The van der Waals surface area contributed by atoms with Gasteiger partial charge in [0.15, 0.2) is 5.76 Å². The molecule has 0 amide bonds. The molecule has 0 aliphatic rings. The molecule has 2 aromatic rings. The first-order valence-corrected chi connectivity index (χ1v) is 6.48. The number of ketones is 1. The van der Waals surface area contributed by atoms with Gasteiger partial charge in [0.1, 0.15) is 4.88 Å². The Bertz CT molecular complexity index is 602. The number of aromatic nitrogens is 2. The highest BCUT2D eigenvalue weighted by Crippen LogP contribution is 2.19. The van der Waals surface area contributed by atoms with Crippen molar-refractivity contribution in [3.63, 3.8) is 0 Å². The van der Waals surface area contributed by atoms with Crippen LogP contribution < -0.4 is 0 Å². The monoisotopic (exact) mass is 280 g/mol. The van der Waals surface area contributed by atoms with Crippen LogP contribution in [0.2, 0.25) is 0 Å². The van der Waals surface area contributed by atoms with Crippen molar-refractivity contribution in [1.82, 2.24) is 9.59 Å². The Labute approximate surface area is 113 Å². The number of aryl methyl sites for hydroxylation is 1. The molecule has 7 heteroatoms. The lowest BCUT2D eigenvalue weighted by atomic mass is 10.1. The minimum absolute atomic E-state index is 0.000339. The van der Waals surface area contributed by atoms with Gasteiger partial charge in [-0.05, 0) is 30.1 Å². The van der Waals surface area contributed by atoms with Gasteiger partial charge < -0.3 is 9.15 Å². The maximum absolute atomic E-state index is 12.2. The molecule has 2 heterocycles. The van der Waals surface area contributed by atoms with E-state index in [1.54, 1.807) is 0 Å². The molecule has 0 saturated carbocycles. The molecule has 0 saturated heterocycles. The number of ether oxygens (including phenoxy) is 1. The van der Waals surface area contributed by atoms with Crippen LogP contribution in [-0.2, 0) is 11.2 Å². The predicted octanol–water partition coefficient (Wildman–Crippen LogP) is 2.10. The summed E-state index contributed by atoms with van der Waals surface area (Å²) in [6, 6.07) is 2.86. The van der Waals surface area contributed by atoms with Crippen molar-refractivity contribution in [3.8, 4) is 0 Å². The number of methoxy groups -OCH3 is 1. The Hall–Kier alpha value is -2.02. The van der Waals surface area contributed by atoms with Crippen LogP contribution in [0.3, 0.4) is 0 Å². The summed E-state index contributed by atoms with van der Waals surface area (Å²) in [5.74, 6) is -0.840. The van der Waals surface area contributed by atoms with E-state index in [0.717, 1.165) is 18.0 Å². The lowest BCUT2D eigenvalue weighted by Crippen LogP contribution is -2.02. The molecule has 0 aliphatic heterocycles. The average molecular weight is 280 g/mol. The summed E-state index contributed by atoms with van der Waals surface area (Å²) in [6.45, 7) is 2.00. The number of nitrogens with zero attached hydrogens (tertiary/aromatic N) is 2. The lowest BCUT2D eigenvalue weighted by Gasteiger charge is -1.97. The molecule has 0 bridgehead atoms. The molecule has 0 unspecified atom stereocenters. The Balaban J connectivity index is 2.26.